The molecule has 8 aromatic rings. The van der Waals surface area contributed by atoms with Gasteiger partial charge in [-0.1, -0.05) is 91.0 Å². The Bertz CT molecular complexity index is 2130. The highest BCUT2D eigenvalue weighted by atomic mass is 14.7. The van der Waals surface area contributed by atoms with Gasteiger partial charge in [-0.05, 0) is 70.3 Å². The Balaban J connectivity index is 1.39. The summed E-state index contributed by atoms with van der Waals surface area (Å²) in [7, 11) is 0. The van der Waals surface area contributed by atoms with Crippen LogP contribution >= 0.6 is 0 Å². The molecule has 0 aliphatic rings. The van der Waals surface area contributed by atoms with Gasteiger partial charge in [0.1, 0.15) is 0 Å². The first-order chi connectivity index (χ1) is 18.8. The van der Waals surface area contributed by atoms with Crippen molar-refractivity contribution in [2.24, 2.45) is 0 Å². The van der Waals surface area contributed by atoms with Crippen LogP contribution in [0.2, 0.25) is 0 Å². The lowest BCUT2D eigenvalue weighted by Crippen LogP contribution is -1.86. The number of nitrogens with one attached hydrogen (secondary N) is 2. The zero-order chi connectivity index (χ0) is 25.1. The maximum absolute atomic E-state index is 3.73. The minimum atomic E-state index is 1.16. The van der Waals surface area contributed by atoms with Gasteiger partial charge in [0.25, 0.3) is 0 Å². The van der Waals surface area contributed by atoms with E-state index < -0.39 is 0 Å². The van der Waals surface area contributed by atoms with Crippen molar-refractivity contribution in [2.75, 3.05) is 0 Å². The third-order valence-electron chi connectivity index (χ3n) is 7.74. The molecule has 0 aliphatic carbocycles. The van der Waals surface area contributed by atoms with E-state index in [0.717, 1.165) is 5.52 Å². The van der Waals surface area contributed by atoms with Crippen LogP contribution in [-0.4, -0.2) is 9.97 Å². The minimum Gasteiger partial charge on any atom is -0.355 e. The fraction of sp³-hybridized carbons (Fsp3) is 0. The van der Waals surface area contributed by atoms with Crippen LogP contribution in [0.15, 0.2) is 133 Å². The molecule has 178 valence electrons. The number of rotatable bonds is 3. The summed E-state index contributed by atoms with van der Waals surface area (Å²) in [6, 6.07) is 48.1. The van der Waals surface area contributed by atoms with Crippen molar-refractivity contribution in [2.45, 2.75) is 0 Å². The van der Waals surface area contributed by atoms with Crippen molar-refractivity contribution in [3.05, 3.63) is 133 Å². The largest absolute Gasteiger partial charge is 0.355 e. The molecule has 0 bridgehead atoms. The second-order valence-corrected chi connectivity index (χ2v) is 9.99. The van der Waals surface area contributed by atoms with Gasteiger partial charge >= 0.3 is 0 Å². The molecule has 2 aromatic heterocycles. The molecule has 0 fully saturated rings. The molecule has 0 unspecified atom stereocenters. The smallest absolute Gasteiger partial charge is 0.0544 e. The number of para-hydroxylation sites is 2. The zero-order valence-corrected chi connectivity index (χ0v) is 20.7. The summed E-state index contributed by atoms with van der Waals surface area (Å²) in [5.41, 5.74) is 12.0. The second-order valence-electron chi connectivity index (χ2n) is 9.99. The lowest BCUT2D eigenvalue weighted by atomic mass is 9.93. The van der Waals surface area contributed by atoms with Crippen molar-refractivity contribution in [1.29, 1.82) is 0 Å². The van der Waals surface area contributed by atoms with Crippen LogP contribution in [0.3, 0.4) is 0 Å². The summed E-state index contributed by atoms with van der Waals surface area (Å²) in [6.45, 7) is 0. The molecule has 0 spiro atoms. The van der Waals surface area contributed by atoms with E-state index in [1.54, 1.807) is 0 Å². The van der Waals surface area contributed by atoms with Gasteiger partial charge in [0, 0.05) is 43.7 Å². The first-order valence-electron chi connectivity index (χ1n) is 13.0. The van der Waals surface area contributed by atoms with Crippen LogP contribution in [0.5, 0.6) is 0 Å². The predicted molar refractivity (Wildman–Crippen MR) is 161 cm³/mol. The van der Waals surface area contributed by atoms with Crippen LogP contribution < -0.4 is 0 Å². The van der Waals surface area contributed by atoms with Crippen molar-refractivity contribution >= 4 is 43.6 Å². The molecule has 8 rings (SSSR count). The summed E-state index contributed by atoms with van der Waals surface area (Å²) >= 11 is 0. The van der Waals surface area contributed by atoms with Gasteiger partial charge in [-0.2, -0.15) is 0 Å². The topological polar surface area (TPSA) is 31.6 Å². The summed E-state index contributed by atoms with van der Waals surface area (Å²) in [6.07, 6.45) is 0. The maximum atomic E-state index is 3.73. The van der Waals surface area contributed by atoms with E-state index in [9.17, 15) is 0 Å². The molecule has 38 heavy (non-hydrogen) atoms. The summed E-state index contributed by atoms with van der Waals surface area (Å²) in [4.78, 5) is 7.29. The fourth-order valence-electron chi connectivity index (χ4n) is 5.87. The van der Waals surface area contributed by atoms with Crippen LogP contribution in [-0.2, 0) is 0 Å². The van der Waals surface area contributed by atoms with E-state index in [-0.39, 0.29) is 0 Å². The highest BCUT2D eigenvalue weighted by Crippen LogP contribution is 2.39. The van der Waals surface area contributed by atoms with E-state index in [4.69, 9.17) is 0 Å². The van der Waals surface area contributed by atoms with Crippen molar-refractivity contribution in [1.82, 2.24) is 9.97 Å². The zero-order valence-electron chi connectivity index (χ0n) is 20.7. The quantitative estimate of drug-likeness (QED) is 0.250. The van der Waals surface area contributed by atoms with Crippen LogP contribution in [0.25, 0.3) is 77.0 Å². The second kappa shape index (κ2) is 8.22. The number of aromatic amines is 2. The Morgan fingerprint density at radius 2 is 0.921 bits per heavy atom. The number of benzene rings is 6. The van der Waals surface area contributed by atoms with Crippen LogP contribution in [0.4, 0.5) is 0 Å². The maximum Gasteiger partial charge on any atom is 0.0544 e. The molecule has 0 saturated carbocycles. The summed E-state index contributed by atoms with van der Waals surface area (Å²) in [5, 5.41) is 5.01. The average molecular weight is 485 g/mol. The number of aromatic nitrogens is 2. The lowest BCUT2D eigenvalue weighted by molar-refractivity contribution is 1.53. The number of fused-ring (bicyclic) bond motifs is 6. The first-order valence-corrected chi connectivity index (χ1v) is 13.0. The number of hydrogen-bond acceptors (Lipinski definition) is 0. The molecular weight excluding hydrogens is 460 g/mol. The highest BCUT2D eigenvalue weighted by Gasteiger charge is 2.14. The van der Waals surface area contributed by atoms with Crippen LogP contribution in [0.1, 0.15) is 0 Å². The van der Waals surface area contributed by atoms with E-state index in [0.29, 0.717) is 0 Å². The van der Waals surface area contributed by atoms with Gasteiger partial charge in [0.05, 0.1) is 5.52 Å². The summed E-state index contributed by atoms with van der Waals surface area (Å²) < 4.78 is 0. The molecule has 0 saturated heterocycles. The van der Waals surface area contributed by atoms with Crippen molar-refractivity contribution in [3.63, 3.8) is 0 Å². The van der Waals surface area contributed by atoms with Crippen molar-refractivity contribution in [3.8, 4) is 33.4 Å². The molecule has 2 N–H and O–H groups in total. The fourth-order valence-corrected chi connectivity index (χ4v) is 5.87. The van der Waals surface area contributed by atoms with E-state index in [2.05, 4.69) is 143 Å². The normalized spacial score (nSPS) is 11.7. The van der Waals surface area contributed by atoms with E-state index >= 15 is 0 Å². The lowest BCUT2D eigenvalue weighted by Gasteiger charge is -2.11. The third kappa shape index (κ3) is 3.28. The molecule has 2 heterocycles. The van der Waals surface area contributed by atoms with E-state index in [1.165, 1.54) is 71.5 Å². The Morgan fingerprint density at radius 1 is 0.316 bits per heavy atom. The summed E-state index contributed by atoms with van der Waals surface area (Å²) in [5.74, 6) is 0. The third-order valence-corrected chi connectivity index (χ3v) is 7.74. The molecule has 6 aromatic carbocycles. The van der Waals surface area contributed by atoms with Gasteiger partial charge in [-0.25, -0.2) is 0 Å². The molecule has 2 nitrogen and oxygen atoms in total. The van der Waals surface area contributed by atoms with E-state index in [1.807, 2.05) is 0 Å². The molecule has 0 atom stereocenters. The standard InChI is InChI=1S/C36H24N2/c1-2-9-23(10-3-1)24-11-8-12-26(19-24)30-21-27(22-32-29-14-5-7-16-34(29)38-36(30)32)25-17-18-35-31(20-25)28-13-4-6-15-33(28)37-35/h1-22,37-38H. The Kier molecular flexibility index (Phi) is 4.55. The predicted octanol–water partition coefficient (Wildman–Crippen LogP) is 9.96. The number of H-pyrrole nitrogens is 2. The SMILES string of the molecule is c1ccc(-c2cccc(-c3cc(-c4ccc5[nH]c6ccccc6c5c4)cc4c3[nH]c3ccccc34)c2)cc1. The molecule has 0 amide bonds. The molecule has 2 heteroatoms. The monoisotopic (exact) mass is 484 g/mol. The number of hydrogen-bond donors (Lipinski definition) is 2. The Hall–Kier alpha value is -5.08. The molecule has 0 aliphatic heterocycles. The first kappa shape index (κ1) is 21.0. The van der Waals surface area contributed by atoms with Gasteiger partial charge in [-0.15, -0.1) is 0 Å². The average Bonchev–Trinajstić information content (AvgIpc) is 3.55. The highest BCUT2D eigenvalue weighted by molar-refractivity contribution is 6.14. The molecule has 0 radical (unpaired) electrons. The van der Waals surface area contributed by atoms with Crippen molar-refractivity contribution < 1.29 is 0 Å². The molecular formula is C36H24N2. The Labute approximate surface area is 220 Å². The van der Waals surface area contributed by atoms with Gasteiger partial charge < -0.3 is 9.97 Å². The Morgan fingerprint density at radius 3 is 1.76 bits per heavy atom. The van der Waals surface area contributed by atoms with Gasteiger partial charge in [-0.3, -0.25) is 0 Å². The van der Waals surface area contributed by atoms with Gasteiger partial charge in [0.2, 0.25) is 0 Å². The van der Waals surface area contributed by atoms with Gasteiger partial charge in [0.15, 0.2) is 0 Å². The van der Waals surface area contributed by atoms with Crippen LogP contribution in [0, 0.1) is 0 Å². The minimum absolute atomic E-state index is 1.16.